The average molecular weight is 393 g/mol. The van der Waals surface area contributed by atoms with Crippen LogP contribution in [0.3, 0.4) is 0 Å². The van der Waals surface area contributed by atoms with Gasteiger partial charge in [-0.1, -0.05) is 12.1 Å². The molecule has 1 aromatic carbocycles. The highest BCUT2D eigenvalue weighted by Gasteiger charge is 2.37. The van der Waals surface area contributed by atoms with Gasteiger partial charge in [-0.15, -0.1) is 15.3 Å². The molecule has 0 saturated carbocycles. The van der Waals surface area contributed by atoms with Gasteiger partial charge in [-0.3, -0.25) is 0 Å². The van der Waals surface area contributed by atoms with E-state index >= 15 is 0 Å². The number of aromatic nitrogens is 4. The second kappa shape index (κ2) is 7.10. The summed E-state index contributed by atoms with van der Waals surface area (Å²) in [5.74, 6) is -1.38. The van der Waals surface area contributed by atoms with Gasteiger partial charge in [0.05, 0.1) is 5.56 Å². The predicted molar refractivity (Wildman–Crippen MR) is 94.7 cm³/mol. The lowest BCUT2D eigenvalue weighted by atomic mass is 10.1. The zero-order valence-electron chi connectivity index (χ0n) is 15.4. The number of rotatable bonds is 4. The van der Waals surface area contributed by atoms with Crippen molar-refractivity contribution in [2.75, 3.05) is 5.32 Å². The van der Waals surface area contributed by atoms with E-state index in [9.17, 15) is 18.0 Å². The molecular weight excluding hydrogens is 375 g/mol. The molecule has 1 N–H and O–H groups in total. The number of hydrogen-bond acceptors (Lipinski definition) is 6. The maximum absolute atomic E-state index is 12.9. The maximum atomic E-state index is 12.9. The van der Waals surface area contributed by atoms with Gasteiger partial charge in [0.2, 0.25) is 0 Å². The van der Waals surface area contributed by atoms with Crippen molar-refractivity contribution >= 4 is 17.4 Å². The summed E-state index contributed by atoms with van der Waals surface area (Å²) in [7, 11) is 0. The van der Waals surface area contributed by atoms with Gasteiger partial charge < -0.3 is 10.1 Å². The van der Waals surface area contributed by atoms with Crippen molar-refractivity contribution in [1.82, 2.24) is 19.8 Å². The zero-order chi connectivity index (χ0) is 20.5. The van der Waals surface area contributed by atoms with E-state index in [-0.39, 0.29) is 11.5 Å². The number of benzene rings is 1. The number of alkyl halides is 3. The standard InChI is InChI=1S/C18H18F3N5O2/c1-17(2,3)28-15(27)12-6-4-11(5-7-12)10-22-13-8-9-14-23-24-16(18(19,20)21)26(14)25-13/h4-9H,10H2,1-3H3,(H,22,25). The van der Waals surface area contributed by atoms with Crippen molar-refractivity contribution in [3.05, 3.63) is 53.3 Å². The van der Waals surface area contributed by atoms with Crippen LogP contribution >= 0.6 is 0 Å². The molecule has 148 valence electrons. The van der Waals surface area contributed by atoms with E-state index < -0.39 is 23.6 Å². The lowest BCUT2D eigenvalue weighted by Crippen LogP contribution is -2.23. The number of anilines is 1. The lowest BCUT2D eigenvalue weighted by Gasteiger charge is -2.19. The summed E-state index contributed by atoms with van der Waals surface area (Å²) in [5.41, 5.74) is 0.644. The molecule has 0 unspecified atom stereocenters. The van der Waals surface area contributed by atoms with Crippen molar-refractivity contribution in [2.24, 2.45) is 0 Å². The van der Waals surface area contributed by atoms with Crippen molar-refractivity contribution in [2.45, 2.75) is 39.1 Å². The highest BCUT2D eigenvalue weighted by molar-refractivity contribution is 5.89. The molecule has 0 bridgehead atoms. The van der Waals surface area contributed by atoms with Crippen LogP contribution in [0.1, 0.15) is 42.5 Å². The fourth-order valence-electron chi connectivity index (χ4n) is 2.35. The minimum absolute atomic E-state index is 0.000381. The molecule has 0 aliphatic carbocycles. The fourth-order valence-corrected chi connectivity index (χ4v) is 2.35. The molecule has 0 atom stereocenters. The largest absolute Gasteiger partial charge is 0.456 e. The van der Waals surface area contributed by atoms with Crippen molar-refractivity contribution in [1.29, 1.82) is 0 Å². The van der Waals surface area contributed by atoms with E-state index in [0.29, 0.717) is 16.6 Å². The smallest absolute Gasteiger partial charge is 0.453 e. The first-order valence-corrected chi connectivity index (χ1v) is 8.39. The molecule has 0 saturated heterocycles. The third-order valence-corrected chi connectivity index (χ3v) is 3.58. The van der Waals surface area contributed by atoms with Crippen LogP contribution in [-0.4, -0.2) is 31.4 Å². The van der Waals surface area contributed by atoms with E-state index in [1.807, 2.05) is 0 Å². The monoisotopic (exact) mass is 393 g/mol. The molecule has 3 rings (SSSR count). The predicted octanol–water partition coefficient (Wildman–Crippen LogP) is 3.71. The van der Waals surface area contributed by atoms with Gasteiger partial charge in [-0.05, 0) is 50.6 Å². The number of halogens is 3. The second-order valence-corrected chi connectivity index (χ2v) is 7.06. The highest BCUT2D eigenvalue weighted by Crippen LogP contribution is 2.27. The SMILES string of the molecule is CC(C)(C)OC(=O)c1ccc(CNc2ccc3nnc(C(F)(F)F)n3n2)cc1. The maximum Gasteiger partial charge on any atom is 0.453 e. The van der Waals surface area contributed by atoms with Crippen LogP contribution in [0.5, 0.6) is 0 Å². The van der Waals surface area contributed by atoms with Gasteiger partial charge in [0.25, 0.3) is 5.82 Å². The Labute approximate surface area is 158 Å². The molecule has 0 spiro atoms. The number of nitrogens with zero attached hydrogens (tertiary/aromatic N) is 4. The van der Waals surface area contributed by atoms with E-state index in [4.69, 9.17) is 4.74 Å². The van der Waals surface area contributed by atoms with Crippen molar-refractivity contribution < 1.29 is 22.7 Å². The molecule has 0 amide bonds. The van der Waals surface area contributed by atoms with E-state index in [1.54, 1.807) is 45.0 Å². The number of ether oxygens (including phenoxy) is 1. The van der Waals surface area contributed by atoms with Crippen LogP contribution < -0.4 is 5.32 Å². The first-order chi connectivity index (χ1) is 13.0. The molecule has 2 aromatic heterocycles. The number of hydrogen-bond donors (Lipinski definition) is 1. The first kappa shape index (κ1) is 19.6. The Morgan fingerprint density at radius 3 is 2.36 bits per heavy atom. The number of fused-ring (bicyclic) bond motifs is 1. The van der Waals surface area contributed by atoms with Crippen LogP contribution in [0.15, 0.2) is 36.4 Å². The van der Waals surface area contributed by atoms with Crippen molar-refractivity contribution in [3.8, 4) is 0 Å². The molecular formula is C18H18F3N5O2. The number of carbonyl (C=O) groups excluding carboxylic acids is 1. The van der Waals surface area contributed by atoms with Crippen LogP contribution in [0, 0.1) is 0 Å². The normalized spacial score (nSPS) is 12.2. The van der Waals surface area contributed by atoms with E-state index in [0.717, 1.165) is 5.56 Å². The Hall–Kier alpha value is -3.17. The Bertz CT molecular complexity index is 991. The molecule has 7 nitrogen and oxygen atoms in total. The molecule has 0 aliphatic heterocycles. The van der Waals surface area contributed by atoms with Gasteiger partial charge in [0.1, 0.15) is 11.4 Å². The molecule has 10 heteroatoms. The summed E-state index contributed by atoms with van der Waals surface area (Å²) in [6, 6.07) is 9.62. The van der Waals surface area contributed by atoms with Gasteiger partial charge in [-0.25, -0.2) is 4.79 Å². The molecule has 0 radical (unpaired) electrons. The van der Waals surface area contributed by atoms with Gasteiger partial charge in [0, 0.05) is 6.54 Å². The van der Waals surface area contributed by atoms with E-state index in [2.05, 4.69) is 20.6 Å². The highest BCUT2D eigenvalue weighted by atomic mass is 19.4. The van der Waals surface area contributed by atoms with Gasteiger partial charge in [-0.2, -0.15) is 17.7 Å². The summed E-state index contributed by atoms with van der Waals surface area (Å²) in [6.07, 6.45) is -4.65. The zero-order valence-corrected chi connectivity index (χ0v) is 15.4. The Kier molecular flexibility index (Phi) is 4.97. The molecule has 0 fully saturated rings. The Morgan fingerprint density at radius 2 is 1.75 bits per heavy atom. The summed E-state index contributed by atoms with van der Waals surface area (Å²) >= 11 is 0. The Balaban J connectivity index is 1.69. The van der Waals surface area contributed by atoms with Crippen LogP contribution in [0.25, 0.3) is 5.65 Å². The summed E-state index contributed by atoms with van der Waals surface area (Å²) in [6.45, 7) is 5.66. The third-order valence-electron chi connectivity index (χ3n) is 3.58. The number of nitrogens with one attached hydrogen (secondary N) is 1. The topological polar surface area (TPSA) is 81.4 Å². The first-order valence-electron chi connectivity index (χ1n) is 8.39. The molecule has 0 aliphatic rings. The van der Waals surface area contributed by atoms with E-state index in [1.165, 1.54) is 12.1 Å². The number of esters is 1. The van der Waals surface area contributed by atoms with Gasteiger partial charge >= 0.3 is 12.1 Å². The molecule has 28 heavy (non-hydrogen) atoms. The third kappa shape index (κ3) is 4.56. The number of carbonyl (C=O) groups is 1. The van der Waals surface area contributed by atoms with Crippen LogP contribution in [-0.2, 0) is 17.5 Å². The van der Waals surface area contributed by atoms with Crippen LogP contribution in [0.4, 0.5) is 19.0 Å². The second-order valence-electron chi connectivity index (χ2n) is 7.06. The Morgan fingerprint density at radius 1 is 1.07 bits per heavy atom. The van der Waals surface area contributed by atoms with Crippen LogP contribution in [0.2, 0.25) is 0 Å². The average Bonchev–Trinajstić information content (AvgIpc) is 3.02. The molecule has 2 heterocycles. The van der Waals surface area contributed by atoms with Crippen molar-refractivity contribution in [3.63, 3.8) is 0 Å². The summed E-state index contributed by atoms with van der Waals surface area (Å²) < 4.78 is 44.7. The summed E-state index contributed by atoms with van der Waals surface area (Å²) in [4.78, 5) is 12.0. The molecule has 3 aromatic rings. The minimum Gasteiger partial charge on any atom is -0.456 e. The lowest BCUT2D eigenvalue weighted by molar-refractivity contribution is -0.146. The van der Waals surface area contributed by atoms with Gasteiger partial charge in [0.15, 0.2) is 5.65 Å². The quantitative estimate of drug-likeness (QED) is 0.681. The summed E-state index contributed by atoms with van der Waals surface area (Å²) in [5, 5.41) is 13.4. The fraction of sp³-hybridized carbons (Fsp3) is 0.333. The minimum atomic E-state index is -4.65.